The zero-order valence-electron chi connectivity index (χ0n) is 11.5. The predicted octanol–water partition coefficient (Wildman–Crippen LogP) is 6.07. The van der Waals surface area contributed by atoms with E-state index in [-0.39, 0.29) is 8.95 Å². The molecule has 0 aromatic heterocycles. The second-order valence-corrected chi connectivity index (χ2v) is 6.67. The molecule has 1 N–H and O–H groups in total. The molecule has 0 fully saturated rings. The van der Waals surface area contributed by atoms with Crippen LogP contribution >= 0.6 is 31.9 Å². The van der Waals surface area contributed by atoms with Crippen LogP contribution < -0.4 is 0 Å². The van der Waals surface area contributed by atoms with E-state index in [1.165, 1.54) is 0 Å². The molecule has 0 unspecified atom stereocenters. The lowest BCUT2D eigenvalue weighted by molar-refractivity contribution is -0.137. The molecule has 2 aromatic carbocycles. The zero-order valence-corrected chi connectivity index (χ0v) is 14.6. The fourth-order valence-corrected chi connectivity index (χ4v) is 2.98. The van der Waals surface area contributed by atoms with Crippen LogP contribution in [0.5, 0.6) is 0 Å². The summed E-state index contributed by atoms with van der Waals surface area (Å²) in [6.07, 6.45) is -4.79. The zero-order chi connectivity index (χ0) is 18.3. The van der Waals surface area contributed by atoms with Gasteiger partial charge in [-0.05, 0) is 36.4 Å². The summed E-state index contributed by atoms with van der Waals surface area (Å²) in [5, 5.41) is 8.94. The van der Waals surface area contributed by atoms with Gasteiger partial charge in [0.1, 0.15) is 0 Å². The fourth-order valence-electron chi connectivity index (χ4n) is 2.00. The third kappa shape index (κ3) is 3.94. The molecule has 0 heterocycles. The highest BCUT2D eigenvalue weighted by Gasteiger charge is 2.38. The van der Waals surface area contributed by atoms with Crippen LogP contribution in [0.3, 0.4) is 0 Å². The Morgan fingerprint density at radius 1 is 0.792 bits per heavy atom. The maximum atomic E-state index is 14.7. The Morgan fingerprint density at radius 3 is 1.75 bits per heavy atom. The molecule has 128 valence electrons. The predicted molar refractivity (Wildman–Crippen MR) is 83.2 cm³/mol. The van der Waals surface area contributed by atoms with E-state index in [1.807, 2.05) is 0 Å². The molecule has 0 bridgehead atoms. The number of hydrogen-bond donors (Lipinski definition) is 1. The molecule has 9 heteroatoms. The first kappa shape index (κ1) is 18.9. The minimum absolute atomic E-state index is 0.0723. The van der Waals surface area contributed by atoms with Crippen molar-refractivity contribution in [3.8, 4) is 0 Å². The van der Waals surface area contributed by atoms with Crippen LogP contribution in [-0.4, -0.2) is 11.1 Å². The molecule has 0 aliphatic carbocycles. The van der Waals surface area contributed by atoms with Crippen molar-refractivity contribution < 1.29 is 31.9 Å². The highest BCUT2D eigenvalue weighted by Crippen LogP contribution is 2.41. The van der Waals surface area contributed by atoms with Crippen molar-refractivity contribution >= 4 is 37.8 Å². The lowest BCUT2D eigenvalue weighted by atomic mass is 9.97. The first-order chi connectivity index (χ1) is 10.9. The number of halogens is 7. The lowest BCUT2D eigenvalue weighted by Crippen LogP contribution is -2.18. The molecule has 0 aliphatic rings. The van der Waals surface area contributed by atoms with Gasteiger partial charge in [0.2, 0.25) is 0 Å². The van der Waals surface area contributed by atoms with Gasteiger partial charge in [-0.25, -0.2) is 4.79 Å². The molecule has 0 saturated carbocycles. The summed E-state index contributed by atoms with van der Waals surface area (Å²) in [5.74, 6) is -5.25. The van der Waals surface area contributed by atoms with Crippen molar-refractivity contribution in [1.29, 1.82) is 0 Å². The molecule has 2 rings (SSSR count). The maximum Gasteiger partial charge on any atom is 0.416 e. The van der Waals surface area contributed by atoms with Crippen LogP contribution in [0.2, 0.25) is 0 Å². The summed E-state index contributed by atoms with van der Waals surface area (Å²) in [7, 11) is 0. The van der Waals surface area contributed by atoms with Crippen molar-refractivity contribution in [3.05, 3.63) is 67.6 Å². The first-order valence-electron chi connectivity index (χ1n) is 6.21. The van der Waals surface area contributed by atoms with Gasteiger partial charge in [-0.3, -0.25) is 0 Å². The van der Waals surface area contributed by atoms with Gasteiger partial charge >= 0.3 is 12.1 Å². The Hall–Kier alpha value is -1.48. The van der Waals surface area contributed by atoms with E-state index in [1.54, 1.807) is 0 Å². The monoisotopic (exact) mass is 472 g/mol. The Labute approximate surface area is 149 Å². The highest BCUT2D eigenvalue weighted by molar-refractivity contribution is 9.10. The highest BCUT2D eigenvalue weighted by atomic mass is 79.9. The molecule has 0 spiro atoms. The SMILES string of the molecule is O=C(O)c1cc(Br)cc(C(F)(F)c2cc(Br)cc(C(F)(F)F)c2)c1. The Balaban J connectivity index is 2.63. The minimum atomic E-state index is -4.79. The molecule has 0 amide bonds. The van der Waals surface area contributed by atoms with Gasteiger partial charge in [0, 0.05) is 20.1 Å². The summed E-state index contributed by atoms with van der Waals surface area (Å²) in [4.78, 5) is 11.0. The van der Waals surface area contributed by atoms with Crippen LogP contribution in [0, 0.1) is 0 Å². The number of rotatable bonds is 3. The number of carbonyl (C=O) groups is 1. The second-order valence-electron chi connectivity index (χ2n) is 4.83. The van der Waals surface area contributed by atoms with E-state index in [0.717, 1.165) is 24.3 Å². The largest absolute Gasteiger partial charge is 0.478 e. The lowest BCUT2D eigenvalue weighted by Gasteiger charge is -2.20. The average Bonchev–Trinajstić information content (AvgIpc) is 2.45. The third-order valence-corrected chi connectivity index (χ3v) is 4.01. The quantitative estimate of drug-likeness (QED) is 0.549. The number of carboxylic acids is 1. The standard InChI is InChI=1S/C15H7Br2F5O2/c16-11-2-7(13(23)24)1-8(4-11)14(18,19)9-3-10(15(20,21)22)6-12(17)5-9/h1-6H,(H,23,24). The number of benzene rings is 2. The van der Waals surface area contributed by atoms with Crippen molar-refractivity contribution in [2.24, 2.45) is 0 Å². The molecule has 0 aliphatic heterocycles. The minimum Gasteiger partial charge on any atom is -0.478 e. The van der Waals surface area contributed by atoms with Crippen molar-refractivity contribution in [2.45, 2.75) is 12.1 Å². The third-order valence-electron chi connectivity index (χ3n) is 3.09. The molecular formula is C15H7Br2F5O2. The summed E-state index contributed by atoms with van der Waals surface area (Å²) in [5.41, 5.74) is -3.29. The molecular weight excluding hydrogens is 467 g/mol. The first-order valence-corrected chi connectivity index (χ1v) is 7.80. The van der Waals surface area contributed by atoms with Crippen LogP contribution in [0.15, 0.2) is 45.3 Å². The summed E-state index contributed by atoms with van der Waals surface area (Å²) in [6, 6.07) is 4.68. The van der Waals surface area contributed by atoms with Gasteiger partial charge in [0.05, 0.1) is 11.1 Å². The smallest absolute Gasteiger partial charge is 0.416 e. The van der Waals surface area contributed by atoms with Gasteiger partial charge in [-0.2, -0.15) is 22.0 Å². The van der Waals surface area contributed by atoms with Crippen LogP contribution in [0.1, 0.15) is 27.0 Å². The molecule has 2 aromatic rings. The topological polar surface area (TPSA) is 37.3 Å². The molecule has 0 saturated heterocycles. The number of alkyl halides is 5. The maximum absolute atomic E-state index is 14.7. The van der Waals surface area contributed by atoms with Gasteiger partial charge in [0.15, 0.2) is 0 Å². The Kier molecular flexibility index (Phi) is 5.06. The van der Waals surface area contributed by atoms with Crippen molar-refractivity contribution in [2.75, 3.05) is 0 Å². The van der Waals surface area contributed by atoms with E-state index >= 15 is 0 Å². The van der Waals surface area contributed by atoms with Gasteiger partial charge in [-0.1, -0.05) is 31.9 Å². The summed E-state index contributed by atoms with van der Waals surface area (Å²) >= 11 is 5.71. The van der Waals surface area contributed by atoms with Crippen LogP contribution in [0.25, 0.3) is 0 Å². The van der Waals surface area contributed by atoms with E-state index in [2.05, 4.69) is 31.9 Å². The average molecular weight is 474 g/mol. The summed E-state index contributed by atoms with van der Waals surface area (Å²) < 4.78 is 67.7. The Morgan fingerprint density at radius 2 is 1.25 bits per heavy atom. The molecule has 2 nitrogen and oxygen atoms in total. The fraction of sp³-hybridized carbons (Fsp3) is 0.133. The van der Waals surface area contributed by atoms with E-state index in [4.69, 9.17) is 5.11 Å². The Bertz CT molecular complexity index is 803. The number of carboxylic acid groups (broad SMARTS) is 1. The van der Waals surface area contributed by atoms with E-state index < -0.39 is 40.3 Å². The van der Waals surface area contributed by atoms with Gasteiger partial charge in [0.25, 0.3) is 5.92 Å². The number of aromatic carboxylic acids is 1. The molecule has 0 atom stereocenters. The normalized spacial score (nSPS) is 12.3. The summed E-state index contributed by atoms with van der Waals surface area (Å²) in [6.45, 7) is 0. The van der Waals surface area contributed by atoms with Crippen LogP contribution in [0.4, 0.5) is 22.0 Å². The number of hydrogen-bond acceptors (Lipinski definition) is 1. The van der Waals surface area contributed by atoms with E-state index in [0.29, 0.717) is 12.1 Å². The van der Waals surface area contributed by atoms with Crippen LogP contribution in [-0.2, 0) is 12.1 Å². The molecule has 0 radical (unpaired) electrons. The van der Waals surface area contributed by atoms with Crippen molar-refractivity contribution in [1.82, 2.24) is 0 Å². The molecule has 24 heavy (non-hydrogen) atoms. The van der Waals surface area contributed by atoms with Gasteiger partial charge < -0.3 is 5.11 Å². The second kappa shape index (κ2) is 6.44. The van der Waals surface area contributed by atoms with E-state index in [9.17, 15) is 26.7 Å². The van der Waals surface area contributed by atoms with Crippen molar-refractivity contribution in [3.63, 3.8) is 0 Å². The van der Waals surface area contributed by atoms with Gasteiger partial charge in [-0.15, -0.1) is 0 Å².